The number of hydrogen-bond acceptors (Lipinski definition) is 4. The third-order valence-corrected chi connectivity index (χ3v) is 8.67. The molecule has 6 rings (SSSR count). The summed E-state index contributed by atoms with van der Waals surface area (Å²) in [6.07, 6.45) is 0. The first-order valence-electron chi connectivity index (χ1n) is 13.3. The Morgan fingerprint density at radius 2 is 1.51 bits per heavy atom. The Labute approximate surface area is 252 Å². The first-order chi connectivity index (χ1) is 20.0. The van der Waals surface area contributed by atoms with Gasteiger partial charge < -0.3 is 24.1 Å². The topological polar surface area (TPSA) is 63.8 Å². The van der Waals surface area contributed by atoms with Crippen LogP contribution in [-0.4, -0.2) is 37.1 Å². The minimum atomic E-state index is -0.235. The highest BCUT2D eigenvalue weighted by Gasteiger charge is 2.38. The maximum atomic E-state index is 14.7. The summed E-state index contributed by atoms with van der Waals surface area (Å²) in [7, 11) is 4.92. The second kappa shape index (κ2) is 11.3. The first-order valence-corrected chi connectivity index (χ1v) is 14.3. The van der Waals surface area contributed by atoms with Crippen LogP contribution in [0.1, 0.15) is 38.7 Å². The van der Waals surface area contributed by atoms with Gasteiger partial charge >= 0.3 is 0 Å². The molecule has 0 aliphatic carbocycles. The summed E-state index contributed by atoms with van der Waals surface area (Å²) in [5.41, 5.74) is 6.31. The fourth-order valence-electron chi connectivity index (χ4n) is 5.56. The predicted molar refractivity (Wildman–Crippen MR) is 170 cm³/mol. The number of nitrogens with one attached hydrogen (secondary N) is 1. The zero-order valence-electron chi connectivity index (χ0n) is 23.0. The number of rotatable bonds is 7. The summed E-state index contributed by atoms with van der Waals surface area (Å²) in [5, 5.41) is 1.02. The number of nitrogens with zero attached hydrogens (tertiary/aromatic N) is 1. The summed E-state index contributed by atoms with van der Waals surface area (Å²) in [5.74, 6) is 1.76. The fraction of sp³-hybridized carbons (Fsp3) is 0.147. The molecule has 1 unspecified atom stereocenters. The molecule has 0 bridgehead atoms. The van der Waals surface area contributed by atoms with E-state index in [4.69, 9.17) is 14.2 Å². The largest absolute Gasteiger partial charge is 0.497 e. The molecule has 5 aromatic rings. The van der Waals surface area contributed by atoms with Crippen LogP contribution in [0.15, 0.2) is 101 Å². The Morgan fingerprint density at radius 1 is 0.805 bits per heavy atom. The van der Waals surface area contributed by atoms with E-state index < -0.39 is 0 Å². The van der Waals surface area contributed by atoms with E-state index in [-0.39, 0.29) is 11.8 Å². The van der Waals surface area contributed by atoms with E-state index in [1.54, 1.807) is 21.3 Å². The SMILES string of the molecule is COc1ccc(CN2C(=O)c3[nH]c4ccccc4c3C(c3ccc(OC)c(OC)c3)C(I)=C2c2ccccc2)cc1. The van der Waals surface area contributed by atoms with Crippen LogP contribution in [0.4, 0.5) is 0 Å². The number of fused-ring (bicyclic) bond motifs is 3. The van der Waals surface area contributed by atoms with Gasteiger partial charge in [-0.1, -0.05) is 66.7 Å². The van der Waals surface area contributed by atoms with Gasteiger partial charge in [0.05, 0.1) is 33.6 Å². The average molecular weight is 657 g/mol. The number of benzene rings is 4. The third-order valence-electron chi connectivity index (χ3n) is 7.53. The standard InChI is InChI=1S/C34H29IN2O4/c1-39-24-16-13-21(14-17-24)20-37-33(22-9-5-4-6-10-22)31(35)29(23-15-18-27(40-2)28(19-23)41-3)30-25-11-7-8-12-26(25)36-32(30)34(37)38/h4-19,29,36H,20H2,1-3H3. The van der Waals surface area contributed by atoms with Crippen molar-refractivity contribution in [2.75, 3.05) is 21.3 Å². The Hall–Kier alpha value is -4.24. The number of methoxy groups -OCH3 is 3. The molecular formula is C34H29IN2O4. The van der Waals surface area contributed by atoms with Crippen molar-refractivity contribution < 1.29 is 19.0 Å². The lowest BCUT2D eigenvalue weighted by molar-refractivity contribution is 0.0823. The number of hydrogen-bond donors (Lipinski definition) is 1. The number of carbonyl (C=O) groups is 1. The third kappa shape index (κ3) is 4.84. The lowest BCUT2D eigenvalue weighted by atomic mass is 9.88. The van der Waals surface area contributed by atoms with Crippen LogP contribution in [0.2, 0.25) is 0 Å². The van der Waals surface area contributed by atoms with Crippen molar-refractivity contribution in [1.82, 2.24) is 9.88 Å². The monoisotopic (exact) mass is 656 g/mol. The smallest absolute Gasteiger partial charge is 0.275 e. The van der Waals surface area contributed by atoms with Gasteiger partial charge in [0.25, 0.3) is 5.91 Å². The summed E-state index contributed by atoms with van der Waals surface area (Å²) in [6.45, 7) is 0.396. The van der Waals surface area contributed by atoms with Crippen molar-refractivity contribution >= 4 is 45.1 Å². The van der Waals surface area contributed by atoms with Gasteiger partial charge in [-0.3, -0.25) is 4.79 Å². The second-order valence-electron chi connectivity index (χ2n) is 9.81. The molecule has 0 saturated carbocycles. The second-order valence-corrected chi connectivity index (χ2v) is 11.0. The van der Waals surface area contributed by atoms with E-state index in [2.05, 4.69) is 51.8 Å². The number of H-pyrrole nitrogens is 1. The van der Waals surface area contributed by atoms with E-state index in [1.165, 1.54) is 0 Å². The summed E-state index contributed by atoms with van der Waals surface area (Å²) in [4.78, 5) is 20.0. The lowest BCUT2D eigenvalue weighted by Gasteiger charge is -2.27. The molecule has 6 nitrogen and oxygen atoms in total. The molecule has 1 aliphatic rings. The van der Waals surface area contributed by atoms with E-state index in [0.717, 1.165) is 48.2 Å². The molecule has 7 heteroatoms. The quantitative estimate of drug-likeness (QED) is 0.182. The van der Waals surface area contributed by atoms with Gasteiger partial charge in [0.15, 0.2) is 11.5 Å². The molecule has 2 heterocycles. The molecule has 1 aromatic heterocycles. The Kier molecular flexibility index (Phi) is 7.45. The zero-order valence-corrected chi connectivity index (χ0v) is 25.1. The number of para-hydroxylation sites is 1. The Bertz CT molecular complexity index is 1760. The normalized spacial score (nSPS) is 15.1. The van der Waals surface area contributed by atoms with Crippen LogP contribution < -0.4 is 14.2 Å². The van der Waals surface area contributed by atoms with Crippen LogP contribution in [0.25, 0.3) is 16.6 Å². The molecule has 1 atom stereocenters. The minimum Gasteiger partial charge on any atom is -0.497 e. The maximum Gasteiger partial charge on any atom is 0.275 e. The summed E-state index contributed by atoms with van der Waals surface area (Å²) < 4.78 is 17.7. The maximum absolute atomic E-state index is 14.7. The van der Waals surface area contributed by atoms with Crippen molar-refractivity contribution in [3.8, 4) is 17.2 Å². The molecule has 0 saturated heterocycles. The number of ether oxygens (including phenoxy) is 3. The molecule has 206 valence electrons. The van der Waals surface area contributed by atoms with Gasteiger partial charge in [-0.05, 0) is 69.6 Å². The van der Waals surface area contributed by atoms with Crippen LogP contribution in [0, 0.1) is 0 Å². The first kappa shape index (κ1) is 27.0. The summed E-state index contributed by atoms with van der Waals surface area (Å²) in [6, 6.07) is 32.1. The van der Waals surface area contributed by atoms with Crippen molar-refractivity contribution in [2.24, 2.45) is 0 Å². The van der Waals surface area contributed by atoms with Crippen LogP contribution in [0.5, 0.6) is 17.2 Å². The fourth-order valence-corrected chi connectivity index (χ4v) is 6.83. The van der Waals surface area contributed by atoms with Crippen LogP contribution in [-0.2, 0) is 6.54 Å². The molecule has 1 amide bonds. The number of halogens is 1. The highest BCUT2D eigenvalue weighted by atomic mass is 127. The van der Waals surface area contributed by atoms with Gasteiger partial charge in [-0.25, -0.2) is 0 Å². The lowest BCUT2D eigenvalue weighted by Crippen LogP contribution is -2.29. The van der Waals surface area contributed by atoms with Gasteiger partial charge in [0.2, 0.25) is 0 Å². The van der Waals surface area contributed by atoms with Crippen LogP contribution >= 0.6 is 22.6 Å². The molecule has 0 radical (unpaired) electrons. The number of carbonyl (C=O) groups excluding carboxylic acids is 1. The molecule has 1 aliphatic heterocycles. The van der Waals surface area contributed by atoms with Crippen molar-refractivity contribution in [2.45, 2.75) is 12.5 Å². The summed E-state index contributed by atoms with van der Waals surface area (Å²) >= 11 is 2.44. The van der Waals surface area contributed by atoms with Gasteiger partial charge in [-0.15, -0.1) is 0 Å². The molecule has 0 fully saturated rings. The molecule has 1 N–H and O–H groups in total. The zero-order chi connectivity index (χ0) is 28.5. The molecule has 0 spiro atoms. The Balaban J connectivity index is 1.64. The highest BCUT2D eigenvalue weighted by Crippen LogP contribution is 2.49. The van der Waals surface area contributed by atoms with E-state index in [9.17, 15) is 4.79 Å². The van der Waals surface area contributed by atoms with E-state index >= 15 is 0 Å². The number of aromatic nitrogens is 1. The van der Waals surface area contributed by atoms with E-state index in [0.29, 0.717) is 23.7 Å². The predicted octanol–water partition coefficient (Wildman–Crippen LogP) is 7.79. The van der Waals surface area contributed by atoms with Gasteiger partial charge in [0, 0.05) is 26.0 Å². The Morgan fingerprint density at radius 3 is 2.22 bits per heavy atom. The van der Waals surface area contributed by atoms with Gasteiger partial charge in [0.1, 0.15) is 11.4 Å². The van der Waals surface area contributed by atoms with Crippen LogP contribution in [0.3, 0.4) is 0 Å². The van der Waals surface area contributed by atoms with E-state index in [1.807, 2.05) is 77.7 Å². The molecular weight excluding hydrogens is 627 g/mol. The van der Waals surface area contributed by atoms with Gasteiger partial charge in [-0.2, -0.15) is 0 Å². The molecule has 41 heavy (non-hydrogen) atoms. The minimum absolute atomic E-state index is 0.0805. The van der Waals surface area contributed by atoms with Crippen molar-refractivity contribution in [1.29, 1.82) is 0 Å². The van der Waals surface area contributed by atoms with Crippen molar-refractivity contribution in [3.05, 3.63) is 129 Å². The number of allylic oxidation sites excluding steroid dienone is 1. The number of aromatic amines is 1. The number of amides is 1. The van der Waals surface area contributed by atoms with Crippen molar-refractivity contribution in [3.63, 3.8) is 0 Å². The highest BCUT2D eigenvalue weighted by molar-refractivity contribution is 14.1. The average Bonchev–Trinajstić information content (AvgIpc) is 3.37. The molecule has 4 aromatic carbocycles.